The lowest BCUT2D eigenvalue weighted by molar-refractivity contribution is -0.719. The predicted molar refractivity (Wildman–Crippen MR) is 62.0 cm³/mol. The lowest BCUT2D eigenvalue weighted by Crippen LogP contribution is -3.04. The number of nitrogens with one attached hydrogen (secondary N) is 2. The second-order valence-corrected chi connectivity index (χ2v) is 6.26. The summed E-state index contributed by atoms with van der Waals surface area (Å²) in [6, 6.07) is 0. The summed E-state index contributed by atoms with van der Waals surface area (Å²) in [4.78, 5) is 2.45. The van der Waals surface area contributed by atoms with Crippen LogP contribution in [0, 0.1) is 5.92 Å². The van der Waals surface area contributed by atoms with Gasteiger partial charge in [-0.15, -0.1) is 0 Å². The highest BCUT2D eigenvalue weighted by molar-refractivity contribution is 5.74. The van der Waals surface area contributed by atoms with Crippen LogP contribution in [0.2, 0.25) is 0 Å². The van der Waals surface area contributed by atoms with Gasteiger partial charge in [-0.25, -0.2) is 0 Å². The van der Waals surface area contributed by atoms with Crippen LogP contribution in [0.4, 0.5) is 0 Å². The molecule has 5 rings (SSSR count). The van der Waals surface area contributed by atoms with Gasteiger partial charge in [0.1, 0.15) is 36.0 Å². The first-order chi connectivity index (χ1) is 10.2. The number of nitrogens with two attached hydrogens (primary N) is 1. The molecule has 0 amide bonds. The molecule has 11 heteroatoms. The largest absolute Gasteiger partial charge is 0.805 e. The Morgan fingerprint density at radius 3 is 2.55 bits per heavy atom. The molecule has 3 saturated heterocycles. The number of rotatable bonds is 1. The molecular formula is C11H17N3O8. The smallest absolute Gasteiger partial charge is 0.343 e. The van der Waals surface area contributed by atoms with Crippen molar-refractivity contribution < 1.29 is 45.1 Å². The highest BCUT2D eigenvalue weighted by Crippen LogP contribution is 2.56. The Labute approximate surface area is 123 Å². The first-order valence-corrected chi connectivity index (χ1v) is 6.81. The van der Waals surface area contributed by atoms with Gasteiger partial charge in [0, 0.05) is 0 Å². The monoisotopic (exact) mass is 319 g/mol. The van der Waals surface area contributed by atoms with Gasteiger partial charge < -0.3 is 40.1 Å². The minimum atomic E-state index is -2.75. The fraction of sp³-hybridized carbons (Fsp3) is 0.909. The Morgan fingerprint density at radius 1 is 1.27 bits per heavy atom. The maximum atomic E-state index is 12.5. The molecule has 1 saturated carbocycles. The molecule has 0 radical (unpaired) electrons. The topological polar surface area (TPSA) is 195 Å². The first kappa shape index (κ1) is 14.5. The van der Waals surface area contributed by atoms with Crippen LogP contribution in [0.3, 0.4) is 0 Å². The van der Waals surface area contributed by atoms with E-state index in [4.69, 9.17) is 15.2 Å². The van der Waals surface area contributed by atoms with E-state index in [-0.39, 0.29) is 5.96 Å². The van der Waals surface area contributed by atoms with Crippen LogP contribution < -0.4 is 21.1 Å². The van der Waals surface area contributed by atoms with E-state index in [2.05, 4.69) is 10.3 Å². The summed E-state index contributed by atoms with van der Waals surface area (Å²) in [7, 11) is 0. The fourth-order valence-corrected chi connectivity index (χ4v) is 4.28. The molecule has 1 spiro atoms. The molecule has 11 nitrogen and oxygen atoms in total. The van der Waals surface area contributed by atoms with Crippen LogP contribution in [0.25, 0.3) is 0 Å². The molecule has 9 atom stereocenters. The van der Waals surface area contributed by atoms with Gasteiger partial charge in [0.25, 0.3) is 0 Å². The molecule has 22 heavy (non-hydrogen) atoms. The van der Waals surface area contributed by atoms with Gasteiger partial charge >= 0.3 is 5.96 Å². The van der Waals surface area contributed by atoms with Gasteiger partial charge in [-0.3, -0.25) is 16.0 Å². The van der Waals surface area contributed by atoms with Crippen LogP contribution in [0.1, 0.15) is 0 Å². The van der Waals surface area contributed by atoms with Gasteiger partial charge in [0.15, 0.2) is 11.8 Å². The van der Waals surface area contributed by atoms with Crippen molar-refractivity contribution in [2.75, 3.05) is 6.61 Å². The number of ether oxygens (including phenoxy) is 2. The molecule has 7 unspecified atom stereocenters. The normalized spacial score (nSPS) is 62.4. The molecule has 4 heterocycles. The van der Waals surface area contributed by atoms with E-state index in [1.807, 2.05) is 0 Å². The zero-order valence-corrected chi connectivity index (χ0v) is 11.2. The highest BCUT2D eigenvalue weighted by Gasteiger charge is 2.81. The Balaban J connectivity index is 1.95. The lowest BCUT2D eigenvalue weighted by atomic mass is 9.55. The summed E-state index contributed by atoms with van der Waals surface area (Å²) < 4.78 is 10.1. The number of aliphatic hydroxyl groups excluding tert-OH is 4. The van der Waals surface area contributed by atoms with E-state index in [1.165, 1.54) is 0 Å². The highest BCUT2D eigenvalue weighted by atomic mass is 16.9. The molecule has 124 valence electrons. The molecule has 0 aromatic heterocycles. The van der Waals surface area contributed by atoms with Gasteiger partial charge in [0.2, 0.25) is 0 Å². The second kappa shape index (κ2) is 3.88. The van der Waals surface area contributed by atoms with Crippen molar-refractivity contribution in [3.8, 4) is 0 Å². The average molecular weight is 319 g/mol. The van der Waals surface area contributed by atoms with E-state index in [0.717, 1.165) is 0 Å². The summed E-state index contributed by atoms with van der Waals surface area (Å²) in [5.41, 5.74) is 1.72. The van der Waals surface area contributed by atoms with Gasteiger partial charge in [-0.05, 0) is 0 Å². The van der Waals surface area contributed by atoms with Gasteiger partial charge in [-0.2, -0.15) is 0 Å². The molecule has 0 aromatic carbocycles. The maximum absolute atomic E-state index is 12.5. The third-order valence-electron chi connectivity index (χ3n) is 5.26. The minimum Gasteiger partial charge on any atom is -0.805 e. The fourth-order valence-electron chi connectivity index (χ4n) is 4.28. The molecule has 4 fully saturated rings. The molecule has 5 aliphatic rings. The summed E-state index contributed by atoms with van der Waals surface area (Å²) in [5.74, 6) is -4.07. The molecule has 4 aliphatic heterocycles. The molecule has 1 aliphatic carbocycles. The van der Waals surface area contributed by atoms with Crippen LogP contribution in [-0.4, -0.2) is 85.9 Å². The van der Waals surface area contributed by atoms with Crippen molar-refractivity contribution in [3.05, 3.63) is 0 Å². The Bertz CT molecular complexity index is 561. The second-order valence-electron chi connectivity index (χ2n) is 6.26. The van der Waals surface area contributed by atoms with Gasteiger partial charge in [-0.1, -0.05) is 0 Å². The lowest BCUT2D eigenvalue weighted by Gasteiger charge is -2.73. The summed E-state index contributed by atoms with van der Waals surface area (Å²) in [5, 5.41) is 66.5. The van der Waals surface area contributed by atoms with E-state index in [9.17, 15) is 30.6 Å². The van der Waals surface area contributed by atoms with Crippen molar-refractivity contribution in [3.63, 3.8) is 0 Å². The SMILES string of the molecule is NC1=[NH+]C(O)C2C3O[C@]4([O-])OC([C@@H](O)C2(N1)C4O)C3(O)CO. The van der Waals surface area contributed by atoms with E-state index >= 15 is 0 Å². The quantitative estimate of drug-likeness (QED) is 0.230. The Kier molecular flexibility index (Phi) is 2.57. The van der Waals surface area contributed by atoms with Crippen LogP contribution in [0.5, 0.6) is 0 Å². The van der Waals surface area contributed by atoms with E-state index in [1.54, 1.807) is 0 Å². The van der Waals surface area contributed by atoms with E-state index < -0.39 is 60.3 Å². The average Bonchev–Trinajstić information content (AvgIpc) is 2.45. The number of guanidine groups is 1. The number of hydrogen-bond donors (Lipinski definition) is 8. The molecule has 0 aromatic rings. The minimum absolute atomic E-state index is 0.153. The molecular weight excluding hydrogens is 302 g/mol. The Hall–Kier alpha value is -1.05. The first-order valence-electron chi connectivity index (χ1n) is 6.81. The maximum Gasteiger partial charge on any atom is 0.343 e. The summed E-state index contributed by atoms with van der Waals surface area (Å²) in [6.45, 7) is -0.871. The zero-order valence-electron chi connectivity index (χ0n) is 11.2. The molecule has 9 N–H and O–H groups in total. The van der Waals surface area contributed by atoms with Gasteiger partial charge in [0.05, 0.1) is 12.5 Å². The van der Waals surface area contributed by atoms with E-state index in [0.29, 0.717) is 0 Å². The van der Waals surface area contributed by atoms with Crippen LogP contribution in [-0.2, 0) is 9.47 Å². The third-order valence-corrected chi connectivity index (χ3v) is 5.26. The standard InChI is InChI=1S/C11H16N3O8/c12-8-13-6(17)2-4-9(19,1-15)5-3(16)10(2,14-8)7(18)11(20,21-4)22-5/h2-7,15-19H,1H2,(H3,12,13,14)/q-1/p+1/t2?,3-,4?,5?,6?,7?,9?,10?,11+/m1/s1. The summed E-state index contributed by atoms with van der Waals surface area (Å²) in [6.07, 6.45) is -7.87. The van der Waals surface area contributed by atoms with Crippen molar-refractivity contribution in [2.45, 2.75) is 47.8 Å². The van der Waals surface area contributed by atoms with Crippen molar-refractivity contribution in [1.29, 1.82) is 0 Å². The Morgan fingerprint density at radius 2 is 1.91 bits per heavy atom. The van der Waals surface area contributed by atoms with Crippen molar-refractivity contribution >= 4 is 5.96 Å². The number of aliphatic hydroxyl groups is 5. The van der Waals surface area contributed by atoms with Crippen molar-refractivity contribution in [1.82, 2.24) is 5.32 Å². The van der Waals surface area contributed by atoms with Crippen LogP contribution in [0.15, 0.2) is 0 Å². The van der Waals surface area contributed by atoms with Crippen LogP contribution >= 0.6 is 0 Å². The van der Waals surface area contributed by atoms with Crippen molar-refractivity contribution in [2.24, 2.45) is 11.7 Å². The number of hydrogen-bond acceptors (Lipinski definition) is 10. The molecule has 4 bridgehead atoms. The third kappa shape index (κ3) is 1.28. The summed E-state index contributed by atoms with van der Waals surface area (Å²) >= 11 is 0. The zero-order chi connectivity index (χ0) is 16.1. The predicted octanol–water partition coefficient (Wildman–Crippen LogP) is -8.07.